The molecule has 2 nitrogen and oxygen atoms in total. The average molecular weight is 285 g/mol. The van der Waals surface area contributed by atoms with E-state index in [1.165, 1.54) is 11.3 Å². The third kappa shape index (κ3) is 2.86. The molecule has 1 aliphatic carbocycles. The predicted molar refractivity (Wildman–Crippen MR) is 87.6 cm³/mol. The van der Waals surface area contributed by atoms with Crippen LogP contribution in [0.1, 0.15) is 45.6 Å². The van der Waals surface area contributed by atoms with Crippen LogP contribution in [0.4, 0.5) is 5.69 Å². The van der Waals surface area contributed by atoms with Crippen molar-refractivity contribution in [3.8, 4) is 0 Å². The minimum Gasteiger partial charge on any atom is -0.368 e. The van der Waals surface area contributed by atoms with E-state index in [1.807, 2.05) is 0 Å². The van der Waals surface area contributed by atoms with Gasteiger partial charge in [-0.1, -0.05) is 32.0 Å². The molecule has 2 heteroatoms. The number of para-hydroxylation sites is 1. The van der Waals surface area contributed by atoms with Crippen molar-refractivity contribution in [2.75, 3.05) is 11.4 Å². The molecule has 21 heavy (non-hydrogen) atoms. The van der Waals surface area contributed by atoms with Crippen molar-refractivity contribution in [1.82, 2.24) is 0 Å². The fourth-order valence-corrected chi connectivity index (χ4v) is 4.07. The molecule has 0 amide bonds. The molecular weight excluding hydrogens is 258 g/mol. The van der Waals surface area contributed by atoms with Gasteiger partial charge in [0.05, 0.1) is 0 Å². The van der Waals surface area contributed by atoms with Gasteiger partial charge in [0.2, 0.25) is 0 Å². The third-order valence-corrected chi connectivity index (χ3v) is 5.51. The summed E-state index contributed by atoms with van der Waals surface area (Å²) in [4.78, 5) is 14.8. The standard InChI is InChI=1S/C19H27NO/c1-13(2)15-8-9-19(21)17(11-15)12-20-14(3)10-16-6-4-5-7-18(16)20/h4-7,13-15,17H,8-12H2,1-3H3. The van der Waals surface area contributed by atoms with E-state index in [1.54, 1.807) is 0 Å². The molecule has 3 atom stereocenters. The van der Waals surface area contributed by atoms with Crippen LogP contribution >= 0.6 is 0 Å². The van der Waals surface area contributed by atoms with Gasteiger partial charge in [-0.2, -0.15) is 0 Å². The molecule has 1 heterocycles. The largest absolute Gasteiger partial charge is 0.368 e. The van der Waals surface area contributed by atoms with E-state index < -0.39 is 0 Å². The number of Topliss-reactive ketones (excluding diaryl/α,β-unsaturated/α-hetero) is 1. The van der Waals surface area contributed by atoms with Gasteiger partial charge in [-0.05, 0) is 49.7 Å². The minimum absolute atomic E-state index is 0.236. The second-order valence-corrected chi connectivity index (χ2v) is 7.28. The Kier molecular flexibility index (Phi) is 4.05. The van der Waals surface area contributed by atoms with Crippen molar-refractivity contribution in [2.45, 2.75) is 52.5 Å². The molecule has 0 radical (unpaired) electrons. The minimum atomic E-state index is 0.236. The highest BCUT2D eigenvalue weighted by Gasteiger charge is 2.34. The zero-order valence-corrected chi connectivity index (χ0v) is 13.5. The van der Waals surface area contributed by atoms with Crippen LogP contribution in [-0.2, 0) is 11.2 Å². The molecule has 3 rings (SSSR count). The first-order chi connectivity index (χ1) is 10.1. The maximum Gasteiger partial charge on any atom is 0.137 e. The van der Waals surface area contributed by atoms with E-state index in [4.69, 9.17) is 0 Å². The molecule has 1 fully saturated rings. The smallest absolute Gasteiger partial charge is 0.137 e. The van der Waals surface area contributed by atoms with E-state index >= 15 is 0 Å². The first-order valence-corrected chi connectivity index (χ1v) is 8.43. The number of nitrogens with zero attached hydrogens (tertiary/aromatic N) is 1. The molecule has 1 aromatic carbocycles. The Hall–Kier alpha value is -1.31. The van der Waals surface area contributed by atoms with Crippen molar-refractivity contribution < 1.29 is 4.79 Å². The van der Waals surface area contributed by atoms with Crippen LogP contribution in [0.25, 0.3) is 0 Å². The maximum atomic E-state index is 12.3. The molecule has 1 aliphatic heterocycles. The Morgan fingerprint density at radius 3 is 2.81 bits per heavy atom. The Bertz CT molecular complexity index is 522. The van der Waals surface area contributed by atoms with Crippen molar-refractivity contribution in [1.29, 1.82) is 0 Å². The number of hydrogen-bond donors (Lipinski definition) is 0. The van der Waals surface area contributed by atoms with Gasteiger partial charge in [0.1, 0.15) is 5.78 Å². The molecule has 2 aliphatic rings. The first kappa shape index (κ1) is 14.6. The van der Waals surface area contributed by atoms with Crippen molar-refractivity contribution >= 4 is 11.5 Å². The average Bonchev–Trinajstić information content (AvgIpc) is 2.77. The van der Waals surface area contributed by atoms with Crippen LogP contribution < -0.4 is 4.90 Å². The molecule has 1 saturated carbocycles. The molecule has 0 N–H and O–H groups in total. The highest BCUT2D eigenvalue weighted by Crippen LogP contribution is 2.36. The molecule has 114 valence electrons. The number of ketones is 1. The summed E-state index contributed by atoms with van der Waals surface area (Å²) >= 11 is 0. The third-order valence-electron chi connectivity index (χ3n) is 5.51. The fraction of sp³-hybridized carbons (Fsp3) is 0.632. The number of carbonyl (C=O) groups is 1. The van der Waals surface area contributed by atoms with Gasteiger partial charge in [0.25, 0.3) is 0 Å². The number of rotatable bonds is 3. The Labute approximate surface area is 128 Å². The van der Waals surface area contributed by atoms with Crippen LogP contribution in [0.15, 0.2) is 24.3 Å². The summed E-state index contributed by atoms with van der Waals surface area (Å²) in [6.07, 6.45) is 4.09. The van der Waals surface area contributed by atoms with Crippen LogP contribution in [-0.4, -0.2) is 18.4 Å². The number of anilines is 1. The lowest BCUT2D eigenvalue weighted by atomic mass is 9.75. The molecule has 0 aromatic heterocycles. The number of hydrogen-bond acceptors (Lipinski definition) is 2. The van der Waals surface area contributed by atoms with Crippen LogP contribution in [0.3, 0.4) is 0 Å². The molecule has 0 saturated heterocycles. The van der Waals surface area contributed by atoms with Gasteiger partial charge in [-0.15, -0.1) is 0 Å². The van der Waals surface area contributed by atoms with Gasteiger partial charge in [-0.3, -0.25) is 4.79 Å². The van der Waals surface area contributed by atoms with Gasteiger partial charge < -0.3 is 4.90 Å². The Balaban J connectivity index is 1.75. The summed E-state index contributed by atoms with van der Waals surface area (Å²) in [5, 5.41) is 0. The summed E-state index contributed by atoms with van der Waals surface area (Å²) in [7, 11) is 0. The zero-order valence-electron chi connectivity index (χ0n) is 13.5. The van der Waals surface area contributed by atoms with Gasteiger partial charge in [-0.25, -0.2) is 0 Å². The Morgan fingerprint density at radius 2 is 2.05 bits per heavy atom. The summed E-state index contributed by atoms with van der Waals surface area (Å²) in [6.45, 7) is 7.80. The van der Waals surface area contributed by atoms with E-state index in [9.17, 15) is 4.79 Å². The lowest BCUT2D eigenvalue weighted by Gasteiger charge is -2.35. The maximum absolute atomic E-state index is 12.3. The van der Waals surface area contributed by atoms with E-state index in [2.05, 4.69) is 49.9 Å². The van der Waals surface area contributed by atoms with Crippen molar-refractivity contribution in [3.63, 3.8) is 0 Å². The Morgan fingerprint density at radius 1 is 1.29 bits per heavy atom. The van der Waals surface area contributed by atoms with Crippen LogP contribution in [0, 0.1) is 17.8 Å². The predicted octanol–water partition coefficient (Wildman–Crippen LogP) is 4.08. The van der Waals surface area contributed by atoms with Crippen LogP contribution in [0.5, 0.6) is 0 Å². The molecular formula is C19H27NO. The van der Waals surface area contributed by atoms with Gasteiger partial charge in [0, 0.05) is 30.6 Å². The normalized spacial score (nSPS) is 29.0. The van der Waals surface area contributed by atoms with E-state index in [0.717, 1.165) is 38.1 Å². The summed E-state index contributed by atoms with van der Waals surface area (Å²) in [5.41, 5.74) is 2.79. The SMILES string of the molecule is CC(C)C1CCC(=O)C(CN2c3ccccc3CC2C)C1. The quantitative estimate of drug-likeness (QED) is 0.834. The highest BCUT2D eigenvalue weighted by atomic mass is 16.1. The lowest BCUT2D eigenvalue weighted by molar-refractivity contribution is -0.125. The van der Waals surface area contributed by atoms with Crippen LogP contribution in [0.2, 0.25) is 0 Å². The van der Waals surface area contributed by atoms with E-state index in [0.29, 0.717) is 17.7 Å². The lowest BCUT2D eigenvalue weighted by Crippen LogP contribution is -2.40. The fourth-order valence-electron chi connectivity index (χ4n) is 4.07. The number of benzene rings is 1. The monoisotopic (exact) mass is 285 g/mol. The zero-order chi connectivity index (χ0) is 15.0. The van der Waals surface area contributed by atoms with Crippen molar-refractivity contribution in [3.05, 3.63) is 29.8 Å². The molecule has 0 bridgehead atoms. The summed E-state index contributed by atoms with van der Waals surface area (Å²) in [5.74, 6) is 2.15. The van der Waals surface area contributed by atoms with Gasteiger partial charge in [0.15, 0.2) is 0 Å². The topological polar surface area (TPSA) is 20.3 Å². The number of carbonyl (C=O) groups excluding carboxylic acids is 1. The first-order valence-electron chi connectivity index (χ1n) is 8.43. The summed E-state index contributed by atoms with van der Waals surface area (Å²) < 4.78 is 0. The second-order valence-electron chi connectivity index (χ2n) is 7.28. The molecule has 3 unspecified atom stereocenters. The second kappa shape index (κ2) is 5.82. The van der Waals surface area contributed by atoms with Gasteiger partial charge >= 0.3 is 0 Å². The number of fused-ring (bicyclic) bond motifs is 1. The molecule has 1 aromatic rings. The highest BCUT2D eigenvalue weighted by molar-refractivity contribution is 5.82. The molecule has 0 spiro atoms. The van der Waals surface area contributed by atoms with E-state index in [-0.39, 0.29) is 5.92 Å². The van der Waals surface area contributed by atoms with Crippen molar-refractivity contribution in [2.24, 2.45) is 17.8 Å². The summed E-state index contributed by atoms with van der Waals surface area (Å²) in [6, 6.07) is 9.20.